The normalized spacial score (nSPS) is 14.5. The number of benzene rings is 1. The van der Waals surface area contributed by atoms with E-state index in [1.165, 1.54) is 4.90 Å². The number of nitrogens with one attached hydrogen (secondary N) is 1. The summed E-state index contributed by atoms with van der Waals surface area (Å²) in [6, 6.07) is 1.12. The van der Waals surface area contributed by atoms with Gasteiger partial charge >= 0.3 is 11.7 Å². The maximum absolute atomic E-state index is 12.1. The van der Waals surface area contributed by atoms with Crippen molar-refractivity contribution in [2.45, 2.75) is 0 Å². The lowest BCUT2D eigenvalue weighted by atomic mass is 10.2. The number of non-ortho nitro benzene ring substituents is 1. The molecule has 1 heterocycles. The number of rotatable bonds is 3. The molecule has 2 rings (SSSR count). The van der Waals surface area contributed by atoms with Crippen LogP contribution in [-0.2, 0) is 4.74 Å². The van der Waals surface area contributed by atoms with Gasteiger partial charge in [-0.15, -0.1) is 0 Å². The molecule has 0 aliphatic carbocycles. The number of hydrogen-bond donors (Lipinski definition) is 1. The highest BCUT2D eigenvalue weighted by atomic mass is 35.5. The summed E-state index contributed by atoms with van der Waals surface area (Å²) in [5.74, 6) is 0. The van der Waals surface area contributed by atoms with Gasteiger partial charge in [0.2, 0.25) is 0 Å². The first-order valence-corrected chi connectivity index (χ1v) is 6.54. The molecule has 1 saturated heterocycles. The van der Waals surface area contributed by atoms with E-state index in [1.54, 1.807) is 0 Å². The number of hydrogen-bond acceptors (Lipinski definition) is 6. The Bertz CT molecular complexity index is 631. The molecular formula is C11H11ClN4O6. The van der Waals surface area contributed by atoms with E-state index in [1.807, 2.05) is 0 Å². The number of nitrogens with zero attached hydrogens (tertiary/aromatic N) is 3. The van der Waals surface area contributed by atoms with Crippen LogP contribution in [0.25, 0.3) is 0 Å². The zero-order valence-electron chi connectivity index (χ0n) is 11.2. The number of halogens is 1. The molecular weight excluding hydrogens is 320 g/mol. The molecule has 0 atom stereocenters. The molecule has 0 unspecified atom stereocenters. The lowest BCUT2D eigenvalue weighted by Gasteiger charge is -2.26. The standard InChI is InChI=1S/C11H11ClN4O6/c12-8-5-7(15(18)19)6-9(16(20)21)10(8)13-11(17)14-1-3-22-4-2-14/h5-6H,1-4H2,(H,13,17). The second-order valence-electron chi connectivity index (χ2n) is 4.37. The Balaban J connectivity index is 2.31. The van der Waals surface area contributed by atoms with Gasteiger partial charge in [-0.1, -0.05) is 11.6 Å². The topological polar surface area (TPSA) is 128 Å². The van der Waals surface area contributed by atoms with E-state index in [2.05, 4.69) is 5.32 Å². The molecule has 0 spiro atoms. The van der Waals surface area contributed by atoms with Gasteiger partial charge in [-0.25, -0.2) is 4.79 Å². The highest BCUT2D eigenvalue weighted by Crippen LogP contribution is 2.36. The first kappa shape index (κ1) is 15.9. The predicted molar refractivity (Wildman–Crippen MR) is 76.2 cm³/mol. The molecule has 2 amide bonds. The Morgan fingerprint density at radius 2 is 1.86 bits per heavy atom. The average molecular weight is 331 g/mol. The number of urea groups is 1. The average Bonchev–Trinajstić information content (AvgIpc) is 2.49. The maximum Gasteiger partial charge on any atom is 0.322 e. The number of anilines is 1. The number of carbonyl (C=O) groups is 1. The molecule has 1 aliphatic rings. The number of nitro groups is 2. The highest BCUT2D eigenvalue weighted by molar-refractivity contribution is 6.34. The van der Waals surface area contributed by atoms with Crippen molar-refractivity contribution in [2.75, 3.05) is 31.6 Å². The van der Waals surface area contributed by atoms with Crippen LogP contribution < -0.4 is 5.32 Å². The quantitative estimate of drug-likeness (QED) is 0.667. The number of nitro benzene ring substituents is 2. The van der Waals surface area contributed by atoms with Crippen LogP contribution in [0.15, 0.2) is 12.1 Å². The second-order valence-corrected chi connectivity index (χ2v) is 4.77. The lowest BCUT2D eigenvalue weighted by molar-refractivity contribution is -0.393. The van der Waals surface area contributed by atoms with E-state index in [4.69, 9.17) is 16.3 Å². The number of amides is 2. The third-order valence-electron chi connectivity index (χ3n) is 2.99. The summed E-state index contributed by atoms with van der Waals surface area (Å²) in [4.78, 5) is 33.6. The zero-order chi connectivity index (χ0) is 16.3. The molecule has 118 valence electrons. The Morgan fingerprint density at radius 1 is 1.23 bits per heavy atom. The van der Waals surface area contributed by atoms with Crippen LogP contribution in [0.5, 0.6) is 0 Å². The summed E-state index contributed by atoms with van der Waals surface area (Å²) in [5.41, 5.74) is -1.43. The van der Waals surface area contributed by atoms with E-state index in [9.17, 15) is 25.0 Å². The van der Waals surface area contributed by atoms with Gasteiger partial charge in [0.05, 0.1) is 34.1 Å². The van der Waals surface area contributed by atoms with Crippen LogP contribution >= 0.6 is 11.6 Å². The fourth-order valence-corrected chi connectivity index (χ4v) is 2.16. The summed E-state index contributed by atoms with van der Waals surface area (Å²) < 4.78 is 5.10. The molecule has 1 aromatic rings. The molecule has 0 aromatic heterocycles. The summed E-state index contributed by atoms with van der Waals surface area (Å²) in [6.07, 6.45) is 0. The van der Waals surface area contributed by atoms with Crippen molar-refractivity contribution in [3.63, 3.8) is 0 Å². The van der Waals surface area contributed by atoms with Crippen molar-refractivity contribution in [3.8, 4) is 0 Å². The lowest BCUT2D eigenvalue weighted by Crippen LogP contribution is -2.43. The van der Waals surface area contributed by atoms with Gasteiger partial charge in [0.15, 0.2) is 0 Å². The first-order chi connectivity index (χ1) is 10.4. The highest BCUT2D eigenvalue weighted by Gasteiger charge is 2.26. The molecule has 22 heavy (non-hydrogen) atoms. The van der Waals surface area contributed by atoms with Crippen molar-refractivity contribution in [1.29, 1.82) is 0 Å². The summed E-state index contributed by atoms with van der Waals surface area (Å²) in [5, 5.41) is 23.8. The molecule has 1 fully saturated rings. The van der Waals surface area contributed by atoms with Crippen molar-refractivity contribution >= 4 is 34.7 Å². The van der Waals surface area contributed by atoms with Gasteiger partial charge in [-0.2, -0.15) is 0 Å². The summed E-state index contributed by atoms with van der Waals surface area (Å²) >= 11 is 5.84. The Kier molecular flexibility index (Phi) is 4.73. The fourth-order valence-electron chi connectivity index (χ4n) is 1.90. The third-order valence-corrected chi connectivity index (χ3v) is 3.29. The van der Waals surface area contributed by atoms with Crippen molar-refractivity contribution in [1.82, 2.24) is 4.90 Å². The largest absolute Gasteiger partial charge is 0.378 e. The van der Waals surface area contributed by atoms with Crippen molar-refractivity contribution < 1.29 is 19.4 Å². The molecule has 0 saturated carbocycles. The monoisotopic (exact) mass is 330 g/mol. The Labute approximate surface area is 128 Å². The van der Waals surface area contributed by atoms with E-state index in [0.29, 0.717) is 26.3 Å². The SMILES string of the molecule is O=C(Nc1c(Cl)cc([N+](=O)[O-])cc1[N+](=O)[O-])N1CCOCC1. The van der Waals surface area contributed by atoms with Crippen LogP contribution in [0.2, 0.25) is 5.02 Å². The fraction of sp³-hybridized carbons (Fsp3) is 0.364. The summed E-state index contributed by atoms with van der Waals surface area (Å²) in [7, 11) is 0. The molecule has 10 nitrogen and oxygen atoms in total. The van der Waals surface area contributed by atoms with Gasteiger partial charge in [0, 0.05) is 19.2 Å². The van der Waals surface area contributed by atoms with Gasteiger partial charge in [-0.05, 0) is 0 Å². The van der Waals surface area contributed by atoms with Crippen molar-refractivity contribution in [2.24, 2.45) is 0 Å². The van der Waals surface area contributed by atoms with Crippen LogP contribution in [0, 0.1) is 20.2 Å². The molecule has 1 aromatic carbocycles. The van der Waals surface area contributed by atoms with Crippen LogP contribution in [0.3, 0.4) is 0 Å². The minimum absolute atomic E-state index is 0.270. The van der Waals surface area contributed by atoms with Gasteiger partial charge in [0.1, 0.15) is 5.69 Å². The first-order valence-electron chi connectivity index (χ1n) is 6.16. The molecule has 0 radical (unpaired) electrons. The smallest absolute Gasteiger partial charge is 0.322 e. The third kappa shape index (κ3) is 3.40. The van der Waals surface area contributed by atoms with Crippen molar-refractivity contribution in [3.05, 3.63) is 37.4 Å². The predicted octanol–water partition coefficient (Wildman–Crippen LogP) is 2.02. The second kappa shape index (κ2) is 6.54. The Morgan fingerprint density at radius 3 is 2.41 bits per heavy atom. The number of carbonyl (C=O) groups excluding carboxylic acids is 1. The van der Waals surface area contributed by atoms with E-state index in [-0.39, 0.29) is 10.7 Å². The Hall–Kier alpha value is -2.46. The number of morpholine rings is 1. The van der Waals surface area contributed by atoms with E-state index < -0.39 is 27.3 Å². The van der Waals surface area contributed by atoms with Gasteiger partial charge < -0.3 is 15.0 Å². The zero-order valence-corrected chi connectivity index (χ0v) is 11.9. The van der Waals surface area contributed by atoms with Gasteiger partial charge in [-0.3, -0.25) is 20.2 Å². The minimum Gasteiger partial charge on any atom is -0.378 e. The molecule has 1 aliphatic heterocycles. The van der Waals surface area contributed by atoms with Crippen LogP contribution in [-0.4, -0.2) is 47.1 Å². The molecule has 11 heteroatoms. The summed E-state index contributed by atoms with van der Waals surface area (Å²) in [6.45, 7) is 1.40. The number of ether oxygens (including phenoxy) is 1. The molecule has 0 bridgehead atoms. The minimum atomic E-state index is -0.839. The molecule has 1 N–H and O–H groups in total. The van der Waals surface area contributed by atoms with Gasteiger partial charge in [0.25, 0.3) is 5.69 Å². The van der Waals surface area contributed by atoms with Crippen LogP contribution in [0.4, 0.5) is 21.9 Å². The maximum atomic E-state index is 12.1. The van der Waals surface area contributed by atoms with E-state index >= 15 is 0 Å². The van der Waals surface area contributed by atoms with E-state index in [0.717, 1.165) is 12.1 Å². The van der Waals surface area contributed by atoms with Crippen LogP contribution in [0.1, 0.15) is 0 Å².